The molecule has 128 valence electrons. The van der Waals surface area contributed by atoms with Crippen LogP contribution in [0.15, 0.2) is 6.07 Å². The Balaban J connectivity index is 1.73. The van der Waals surface area contributed by atoms with E-state index in [9.17, 15) is 13.2 Å². The standard InChI is InChI=1S/C15H23N3O4S/c1-22-7-2-6-16-15(19)13-9-14(11-3-4-11)18(17-13)12-5-8-23(20,21)10-12/h9,11-12H,2-8,10H2,1H3,(H,16,19). The number of rotatable bonds is 7. The quantitative estimate of drug-likeness (QED) is 0.744. The number of amides is 1. The first kappa shape index (κ1) is 16.4. The molecular weight excluding hydrogens is 318 g/mol. The third-order valence-electron chi connectivity index (χ3n) is 4.36. The summed E-state index contributed by atoms with van der Waals surface area (Å²) in [6, 6.07) is 1.69. The van der Waals surface area contributed by atoms with E-state index in [1.807, 2.05) is 6.07 Å². The van der Waals surface area contributed by atoms with E-state index in [0.717, 1.165) is 25.0 Å². The second-order valence-corrected chi connectivity index (χ2v) is 8.56. The molecule has 3 rings (SSSR count). The molecule has 0 aromatic carbocycles. The summed E-state index contributed by atoms with van der Waals surface area (Å²) in [5.41, 5.74) is 1.39. The molecule has 1 aromatic heterocycles. The third-order valence-corrected chi connectivity index (χ3v) is 6.11. The number of aromatic nitrogens is 2. The number of hydrogen-bond acceptors (Lipinski definition) is 5. The van der Waals surface area contributed by atoms with Gasteiger partial charge in [0.25, 0.3) is 5.91 Å². The number of ether oxygens (including phenoxy) is 1. The van der Waals surface area contributed by atoms with E-state index in [1.165, 1.54) is 0 Å². The van der Waals surface area contributed by atoms with Crippen molar-refractivity contribution < 1.29 is 17.9 Å². The zero-order valence-corrected chi connectivity index (χ0v) is 14.1. The van der Waals surface area contributed by atoms with Crippen molar-refractivity contribution in [3.63, 3.8) is 0 Å². The summed E-state index contributed by atoms with van der Waals surface area (Å²) >= 11 is 0. The molecule has 1 saturated carbocycles. The largest absolute Gasteiger partial charge is 0.385 e. The van der Waals surface area contributed by atoms with E-state index < -0.39 is 9.84 Å². The van der Waals surface area contributed by atoms with E-state index in [-0.39, 0.29) is 23.5 Å². The molecule has 8 heteroatoms. The molecule has 2 aliphatic rings. The van der Waals surface area contributed by atoms with Crippen LogP contribution in [0, 0.1) is 0 Å². The molecule has 1 aromatic rings. The lowest BCUT2D eigenvalue weighted by atomic mass is 10.2. The summed E-state index contributed by atoms with van der Waals surface area (Å²) in [6.07, 6.45) is 3.50. The molecule has 0 spiro atoms. The second kappa shape index (κ2) is 6.60. The van der Waals surface area contributed by atoms with E-state index in [2.05, 4.69) is 10.4 Å². The molecular formula is C15H23N3O4S. The highest BCUT2D eigenvalue weighted by atomic mass is 32.2. The average Bonchev–Trinajstić information content (AvgIpc) is 3.15. The maximum Gasteiger partial charge on any atom is 0.271 e. The van der Waals surface area contributed by atoms with Gasteiger partial charge in [-0.25, -0.2) is 8.42 Å². The number of nitrogens with zero attached hydrogens (tertiary/aromatic N) is 2. The highest BCUT2D eigenvalue weighted by molar-refractivity contribution is 7.91. The summed E-state index contributed by atoms with van der Waals surface area (Å²) in [5, 5.41) is 7.25. The first-order valence-corrected chi connectivity index (χ1v) is 9.89. The van der Waals surface area contributed by atoms with Gasteiger partial charge in [-0.3, -0.25) is 9.48 Å². The number of methoxy groups -OCH3 is 1. The van der Waals surface area contributed by atoms with Gasteiger partial charge in [-0.15, -0.1) is 0 Å². The van der Waals surface area contributed by atoms with E-state index in [0.29, 0.717) is 31.2 Å². The molecule has 0 bridgehead atoms. The van der Waals surface area contributed by atoms with Gasteiger partial charge in [-0.2, -0.15) is 5.10 Å². The van der Waals surface area contributed by atoms with Crippen LogP contribution in [0.2, 0.25) is 0 Å². The van der Waals surface area contributed by atoms with Crippen LogP contribution in [0.1, 0.15) is 53.8 Å². The lowest BCUT2D eigenvalue weighted by Crippen LogP contribution is -2.26. The highest BCUT2D eigenvalue weighted by Gasteiger charge is 2.36. The number of hydrogen-bond donors (Lipinski definition) is 1. The predicted octanol–water partition coefficient (Wildman–Crippen LogP) is 0.886. The van der Waals surface area contributed by atoms with Crippen molar-refractivity contribution in [3.8, 4) is 0 Å². The molecule has 2 heterocycles. The van der Waals surface area contributed by atoms with Gasteiger partial charge < -0.3 is 10.1 Å². The number of nitrogens with one attached hydrogen (secondary N) is 1. The van der Waals surface area contributed by atoms with Gasteiger partial charge in [0.05, 0.1) is 17.5 Å². The van der Waals surface area contributed by atoms with Crippen LogP contribution in [0.4, 0.5) is 0 Å². The number of carbonyl (C=O) groups excluding carboxylic acids is 1. The van der Waals surface area contributed by atoms with Crippen molar-refractivity contribution in [2.24, 2.45) is 0 Å². The molecule has 1 unspecified atom stereocenters. The van der Waals surface area contributed by atoms with Gasteiger partial charge >= 0.3 is 0 Å². The van der Waals surface area contributed by atoms with Crippen molar-refractivity contribution in [3.05, 3.63) is 17.5 Å². The first-order chi connectivity index (χ1) is 11.0. The van der Waals surface area contributed by atoms with Gasteiger partial charge in [-0.05, 0) is 31.7 Å². The van der Waals surface area contributed by atoms with Crippen LogP contribution in [-0.4, -0.2) is 55.9 Å². The first-order valence-electron chi connectivity index (χ1n) is 8.07. The summed E-state index contributed by atoms with van der Waals surface area (Å²) in [4.78, 5) is 12.2. The normalized spacial score (nSPS) is 23.1. The van der Waals surface area contributed by atoms with Gasteiger partial charge in [0.1, 0.15) is 5.69 Å². The summed E-state index contributed by atoms with van der Waals surface area (Å²) in [6.45, 7) is 1.14. The van der Waals surface area contributed by atoms with E-state index >= 15 is 0 Å². The Hall–Kier alpha value is -1.41. The molecule has 0 radical (unpaired) electrons. The summed E-state index contributed by atoms with van der Waals surface area (Å²) in [5.74, 6) is 0.548. The van der Waals surface area contributed by atoms with Gasteiger partial charge in [-0.1, -0.05) is 0 Å². The lowest BCUT2D eigenvalue weighted by Gasteiger charge is -2.12. The highest BCUT2D eigenvalue weighted by Crippen LogP contribution is 2.42. The zero-order chi connectivity index (χ0) is 16.4. The molecule has 1 aliphatic carbocycles. The Morgan fingerprint density at radius 2 is 2.22 bits per heavy atom. The van der Waals surface area contributed by atoms with Crippen molar-refractivity contribution in [1.82, 2.24) is 15.1 Å². The molecule has 1 atom stereocenters. The fourth-order valence-electron chi connectivity index (χ4n) is 2.97. The Morgan fingerprint density at radius 3 is 2.83 bits per heavy atom. The lowest BCUT2D eigenvalue weighted by molar-refractivity contribution is 0.0942. The Bertz CT molecular complexity index is 679. The zero-order valence-electron chi connectivity index (χ0n) is 13.3. The van der Waals surface area contributed by atoms with Gasteiger partial charge in [0.2, 0.25) is 0 Å². The topological polar surface area (TPSA) is 90.3 Å². The molecule has 2 fully saturated rings. The minimum absolute atomic E-state index is 0.128. The van der Waals surface area contributed by atoms with Gasteiger partial charge in [0.15, 0.2) is 9.84 Å². The maximum atomic E-state index is 12.2. The summed E-state index contributed by atoms with van der Waals surface area (Å²) in [7, 11) is -1.35. The monoisotopic (exact) mass is 341 g/mol. The fourth-order valence-corrected chi connectivity index (χ4v) is 4.67. The number of carbonyl (C=O) groups is 1. The fraction of sp³-hybridized carbons (Fsp3) is 0.733. The summed E-state index contributed by atoms with van der Waals surface area (Å²) < 4.78 is 30.2. The molecule has 23 heavy (non-hydrogen) atoms. The van der Waals surface area contributed by atoms with Crippen LogP contribution < -0.4 is 5.32 Å². The van der Waals surface area contributed by atoms with E-state index in [1.54, 1.807) is 11.8 Å². The Kier molecular flexibility index (Phi) is 4.72. The minimum atomic E-state index is -2.97. The maximum absolute atomic E-state index is 12.2. The Labute approximate surface area is 136 Å². The number of sulfone groups is 1. The van der Waals surface area contributed by atoms with Crippen molar-refractivity contribution in [1.29, 1.82) is 0 Å². The molecule has 1 N–H and O–H groups in total. The average molecular weight is 341 g/mol. The van der Waals surface area contributed by atoms with Crippen LogP contribution >= 0.6 is 0 Å². The van der Waals surface area contributed by atoms with Crippen molar-refractivity contribution >= 4 is 15.7 Å². The van der Waals surface area contributed by atoms with Gasteiger partial charge in [0, 0.05) is 31.9 Å². The molecule has 1 amide bonds. The van der Waals surface area contributed by atoms with Crippen LogP contribution in [0.25, 0.3) is 0 Å². The van der Waals surface area contributed by atoms with Crippen LogP contribution in [0.3, 0.4) is 0 Å². The molecule has 1 saturated heterocycles. The van der Waals surface area contributed by atoms with Crippen molar-refractivity contribution in [2.45, 2.75) is 37.6 Å². The second-order valence-electron chi connectivity index (χ2n) is 6.33. The van der Waals surface area contributed by atoms with E-state index in [4.69, 9.17) is 4.74 Å². The van der Waals surface area contributed by atoms with Crippen LogP contribution in [-0.2, 0) is 14.6 Å². The van der Waals surface area contributed by atoms with Crippen molar-refractivity contribution in [2.75, 3.05) is 31.8 Å². The van der Waals surface area contributed by atoms with Crippen LogP contribution in [0.5, 0.6) is 0 Å². The predicted molar refractivity (Wildman–Crippen MR) is 85.3 cm³/mol. The SMILES string of the molecule is COCCCNC(=O)c1cc(C2CC2)n(C2CCS(=O)(=O)C2)n1. The molecule has 1 aliphatic heterocycles. The Morgan fingerprint density at radius 1 is 1.43 bits per heavy atom. The smallest absolute Gasteiger partial charge is 0.271 e. The molecule has 7 nitrogen and oxygen atoms in total. The third kappa shape index (κ3) is 3.92. The minimum Gasteiger partial charge on any atom is -0.385 e.